The van der Waals surface area contributed by atoms with E-state index in [-0.39, 0.29) is 6.03 Å². The number of benzene rings is 2. The van der Waals surface area contributed by atoms with Crippen molar-refractivity contribution in [3.63, 3.8) is 0 Å². The lowest BCUT2D eigenvalue weighted by Gasteiger charge is -2.27. The fourth-order valence-corrected chi connectivity index (χ4v) is 3.23. The highest BCUT2D eigenvalue weighted by molar-refractivity contribution is 6.42. The van der Waals surface area contributed by atoms with Gasteiger partial charge in [0.15, 0.2) is 0 Å². The van der Waals surface area contributed by atoms with Crippen molar-refractivity contribution in [3.05, 3.63) is 52.5 Å². The summed E-state index contributed by atoms with van der Waals surface area (Å²) in [4.78, 5) is 19.0. The molecule has 24 heavy (non-hydrogen) atoms. The number of nitrogens with zero attached hydrogens (tertiary/aromatic N) is 3. The summed E-state index contributed by atoms with van der Waals surface area (Å²) in [5, 5.41) is 3.71. The van der Waals surface area contributed by atoms with Gasteiger partial charge >= 0.3 is 6.03 Å². The summed E-state index contributed by atoms with van der Waals surface area (Å²) in [5.41, 5.74) is 2.53. The van der Waals surface area contributed by atoms with Gasteiger partial charge in [-0.1, -0.05) is 35.3 Å². The van der Waals surface area contributed by atoms with Crippen molar-refractivity contribution >= 4 is 51.9 Å². The number of hydrogen-bond donors (Lipinski definition) is 1. The van der Waals surface area contributed by atoms with Crippen LogP contribution < -0.4 is 10.2 Å². The Morgan fingerprint density at radius 1 is 1.08 bits per heavy atom. The second-order valence-corrected chi connectivity index (χ2v) is 6.43. The Morgan fingerprint density at radius 2 is 1.92 bits per heavy atom. The lowest BCUT2D eigenvalue weighted by Crippen LogP contribution is -2.40. The number of fused-ring (bicyclic) bond motifs is 3. The van der Waals surface area contributed by atoms with Gasteiger partial charge in [-0.25, -0.2) is 9.78 Å². The fourth-order valence-electron chi connectivity index (χ4n) is 2.93. The molecule has 1 aliphatic rings. The van der Waals surface area contributed by atoms with E-state index in [4.69, 9.17) is 23.2 Å². The minimum Gasteiger partial charge on any atom is -0.310 e. The van der Waals surface area contributed by atoms with Crippen molar-refractivity contribution in [3.8, 4) is 0 Å². The third-order valence-corrected chi connectivity index (χ3v) is 4.79. The first-order valence-corrected chi connectivity index (χ1v) is 8.38. The van der Waals surface area contributed by atoms with Gasteiger partial charge in [0.1, 0.15) is 0 Å². The highest BCUT2D eigenvalue weighted by atomic mass is 35.5. The van der Waals surface area contributed by atoms with Crippen LogP contribution in [0.4, 0.5) is 16.4 Å². The smallest absolute Gasteiger partial charge is 0.310 e. The molecule has 122 valence electrons. The molecule has 1 N–H and O–H groups in total. The molecule has 0 saturated carbocycles. The molecule has 7 heteroatoms. The van der Waals surface area contributed by atoms with Crippen LogP contribution in [0.25, 0.3) is 11.0 Å². The van der Waals surface area contributed by atoms with Crippen molar-refractivity contribution < 1.29 is 4.79 Å². The van der Waals surface area contributed by atoms with E-state index in [0.717, 1.165) is 24.0 Å². The Labute approximate surface area is 148 Å². The quantitative estimate of drug-likeness (QED) is 0.678. The van der Waals surface area contributed by atoms with Gasteiger partial charge in [-0.15, -0.1) is 0 Å². The summed E-state index contributed by atoms with van der Waals surface area (Å²) in [6.45, 7) is 1.48. The average Bonchev–Trinajstić information content (AvgIpc) is 2.97. The number of hydrogen-bond acceptors (Lipinski definition) is 2. The van der Waals surface area contributed by atoms with Gasteiger partial charge in [0.25, 0.3) is 0 Å². The SMILES string of the molecule is O=C(Nc1ccc(Cl)c(Cl)c1)N1CCCn2c1nc1ccccc12. The van der Waals surface area contributed by atoms with Crippen LogP contribution in [0.15, 0.2) is 42.5 Å². The lowest BCUT2D eigenvalue weighted by molar-refractivity contribution is 0.255. The van der Waals surface area contributed by atoms with E-state index in [1.807, 2.05) is 24.3 Å². The molecule has 1 aliphatic heterocycles. The first kappa shape index (κ1) is 15.3. The second-order valence-electron chi connectivity index (χ2n) is 5.62. The molecule has 0 atom stereocenters. The van der Waals surface area contributed by atoms with E-state index >= 15 is 0 Å². The van der Waals surface area contributed by atoms with Gasteiger partial charge in [-0.05, 0) is 36.8 Å². The number of imidazole rings is 1. The normalized spacial score (nSPS) is 13.8. The molecule has 0 saturated heterocycles. The molecule has 0 bridgehead atoms. The van der Waals surface area contributed by atoms with Crippen LogP contribution >= 0.6 is 23.2 Å². The monoisotopic (exact) mass is 360 g/mol. The number of nitrogens with one attached hydrogen (secondary N) is 1. The summed E-state index contributed by atoms with van der Waals surface area (Å²) in [5.74, 6) is 0.667. The number of amides is 2. The van der Waals surface area contributed by atoms with Crippen LogP contribution in [-0.2, 0) is 6.54 Å². The maximum absolute atomic E-state index is 12.7. The van der Waals surface area contributed by atoms with Crippen LogP contribution in [0.3, 0.4) is 0 Å². The first-order chi connectivity index (χ1) is 11.6. The molecule has 5 nitrogen and oxygen atoms in total. The standard InChI is InChI=1S/C17H14Cl2N4O/c18-12-7-6-11(10-13(12)19)20-17(24)23-9-3-8-22-15-5-2-1-4-14(15)21-16(22)23/h1-2,4-7,10H,3,8-9H2,(H,20,24). The maximum Gasteiger partial charge on any atom is 0.328 e. The molecule has 1 aromatic heterocycles. The number of carbonyl (C=O) groups is 1. The molecular weight excluding hydrogens is 347 g/mol. The highest BCUT2D eigenvalue weighted by Crippen LogP contribution is 2.28. The van der Waals surface area contributed by atoms with Gasteiger partial charge in [-0.2, -0.15) is 0 Å². The third kappa shape index (κ3) is 2.60. The van der Waals surface area contributed by atoms with Gasteiger partial charge in [0.05, 0.1) is 21.1 Å². The number of anilines is 2. The molecule has 0 aliphatic carbocycles. The van der Waals surface area contributed by atoms with Crippen molar-refractivity contribution in [2.45, 2.75) is 13.0 Å². The molecule has 2 aromatic carbocycles. The summed E-state index contributed by atoms with van der Waals surface area (Å²) >= 11 is 11.9. The number of para-hydroxylation sites is 2. The van der Waals surface area contributed by atoms with E-state index in [1.54, 1.807) is 23.1 Å². The molecule has 2 heterocycles. The molecule has 2 amide bonds. The van der Waals surface area contributed by atoms with E-state index in [1.165, 1.54) is 0 Å². The van der Waals surface area contributed by atoms with E-state index in [0.29, 0.717) is 28.2 Å². The van der Waals surface area contributed by atoms with Crippen LogP contribution in [-0.4, -0.2) is 22.1 Å². The molecule has 3 aromatic rings. The van der Waals surface area contributed by atoms with Gasteiger partial charge in [0.2, 0.25) is 5.95 Å². The molecule has 0 radical (unpaired) electrons. The summed E-state index contributed by atoms with van der Waals surface area (Å²) in [6, 6.07) is 12.7. The molecule has 0 fully saturated rings. The Morgan fingerprint density at radius 3 is 2.75 bits per heavy atom. The van der Waals surface area contributed by atoms with Gasteiger partial charge in [-0.3, -0.25) is 4.90 Å². The van der Waals surface area contributed by atoms with Crippen LogP contribution in [0, 0.1) is 0 Å². The second kappa shape index (κ2) is 6.00. The Bertz CT molecular complexity index is 937. The number of carbonyl (C=O) groups excluding carboxylic acids is 1. The molecular formula is C17H14Cl2N4O. The summed E-state index contributed by atoms with van der Waals surface area (Å²) < 4.78 is 2.08. The number of aryl methyl sites for hydroxylation is 1. The largest absolute Gasteiger partial charge is 0.328 e. The van der Waals surface area contributed by atoms with Crippen LogP contribution in [0.2, 0.25) is 10.0 Å². The zero-order chi connectivity index (χ0) is 16.7. The molecule has 4 rings (SSSR count). The first-order valence-electron chi connectivity index (χ1n) is 7.62. The zero-order valence-corrected chi connectivity index (χ0v) is 14.2. The fraction of sp³-hybridized carbons (Fsp3) is 0.176. The maximum atomic E-state index is 12.7. The average molecular weight is 361 g/mol. The zero-order valence-electron chi connectivity index (χ0n) is 12.7. The Balaban J connectivity index is 1.65. The minimum absolute atomic E-state index is 0.232. The van der Waals surface area contributed by atoms with E-state index in [9.17, 15) is 4.79 Å². The predicted molar refractivity (Wildman–Crippen MR) is 97.2 cm³/mol. The summed E-state index contributed by atoms with van der Waals surface area (Å²) in [6.07, 6.45) is 0.877. The molecule has 0 unspecified atom stereocenters. The van der Waals surface area contributed by atoms with Crippen LogP contribution in [0.5, 0.6) is 0 Å². The number of urea groups is 1. The lowest BCUT2D eigenvalue weighted by atomic mass is 10.3. The highest BCUT2D eigenvalue weighted by Gasteiger charge is 2.26. The topological polar surface area (TPSA) is 50.2 Å². The predicted octanol–water partition coefficient (Wildman–Crippen LogP) is 4.79. The van der Waals surface area contributed by atoms with E-state index < -0.39 is 0 Å². The molecule has 0 spiro atoms. The van der Waals surface area contributed by atoms with Crippen molar-refractivity contribution in [1.29, 1.82) is 0 Å². The van der Waals surface area contributed by atoms with Crippen molar-refractivity contribution in [1.82, 2.24) is 9.55 Å². The third-order valence-electron chi connectivity index (χ3n) is 4.06. The number of rotatable bonds is 1. The summed E-state index contributed by atoms with van der Waals surface area (Å²) in [7, 11) is 0. The number of aromatic nitrogens is 2. The van der Waals surface area contributed by atoms with Gasteiger partial charge < -0.3 is 9.88 Å². The van der Waals surface area contributed by atoms with Crippen molar-refractivity contribution in [2.24, 2.45) is 0 Å². The Kier molecular flexibility index (Phi) is 3.82. The van der Waals surface area contributed by atoms with Gasteiger partial charge in [0, 0.05) is 18.8 Å². The minimum atomic E-state index is -0.232. The van der Waals surface area contributed by atoms with Crippen molar-refractivity contribution in [2.75, 3.05) is 16.8 Å². The van der Waals surface area contributed by atoms with Crippen LogP contribution in [0.1, 0.15) is 6.42 Å². The number of halogens is 2. The van der Waals surface area contributed by atoms with E-state index in [2.05, 4.69) is 14.9 Å². The Hall–Kier alpha value is -2.24.